The molecule has 0 aromatic rings. The Hall–Kier alpha value is -0.503. The molecule has 64 valence electrons. The van der Waals surface area contributed by atoms with Gasteiger partial charge in [-0.1, -0.05) is 32.3 Å². The molecule has 0 saturated heterocycles. The van der Waals surface area contributed by atoms with Crippen LogP contribution in [0.25, 0.3) is 0 Å². The van der Waals surface area contributed by atoms with Gasteiger partial charge in [0.2, 0.25) is 0 Å². The molecule has 11 heavy (non-hydrogen) atoms. The molecule has 0 rings (SSSR count). The number of rotatable bonds is 4. The lowest BCUT2D eigenvalue weighted by molar-refractivity contribution is 0.250. The predicted molar refractivity (Wildman–Crippen MR) is 53.3 cm³/mol. The minimum absolute atomic E-state index is 0.754. The van der Waals surface area contributed by atoms with Crippen molar-refractivity contribution in [2.24, 2.45) is 0 Å². The first-order valence-corrected chi connectivity index (χ1v) is 7.48. The first-order chi connectivity index (χ1) is 5.02. The lowest BCUT2D eigenvalue weighted by atomic mass is 10.6. The maximum atomic E-state index is 5.50. The maximum Gasteiger partial charge on any atom is 0.122 e. The van der Waals surface area contributed by atoms with Crippen LogP contribution in [0.1, 0.15) is 6.92 Å². The zero-order valence-corrected chi connectivity index (χ0v) is 8.98. The molecule has 0 heterocycles. The average molecular weight is 170 g/mol. The molecule has 0 fully saturated rings. The zero-order valence-electron chi connectivity index (χ0n) is 7.98. The summed E-state index contributed by atoms with van der Waals surface area (Å²) in [4.78, 5) is 0. The molecule has 0 atom stereocenters. The van der Waals surface area contributed by atoms with E-state index in [1.54, 1.807) is 6.08 Å². The van der Waals surface area contributed by atoms with Crippen molar-refractivity contribution in [3.63, 3.8) is 0 Å². The molecular weight excluding hydrogens is 152 g/mol. The van der Waals surface area contributed by atoms with E-state index >= 15 is 0 Å². The van der Waals surface area contributed by atoms with Crippen LogP contribution in [0.4, 0.5) is 0 Å². The van der Waals surface area contributed by atoms with Crippen LogP contribution >= 0.6 is 0 Å². The van der Waals surface area contributed by atoms with Gasteiger partial charge in [-0.15, -0.1) is 0 Å². The third-order valence-corrected chi connectivity index (χ3v) is 3.10. The van der Waals surface area contributed by atoms with Gasteiger partial charge in [0.05, 0.1) is 12.0 Å². The normalized spacial score (nSPS) is 12.9. The smallest absolute Gasteiger partial charge is 0.122 e. The van der Waals surface area contributed by atoms with Gasteiger partial charge < -0.3 is 4.74 Å². The zero-order chi connectivity index (χ0) is 8.91. The van der Waals surface area contributed by atoms with Crippen molar-refractivity contribution in [1.29, 1.82) is 0 Å². The molecule has 0 bridgehead atoms. The average Bonchev–Trinajstić information content (AvgIpc) is 1.85. The van der Waals surface area contributed by atoms with Gasteiger partial charge in [-0.25, -0.2) is 0 Å². The van der Waals surface area contributed by atoms with Crippen LogP contribution in [0.2, 0.25) is 19.6 Å². The van der Waals surface area contributed by atoms with Crippen molar-refractivity contribution >= 4 is 8.07 Å². The minimum Gasteiger partial charge on any atom is -0.503 e. The Morgan fingerprint density at radius 1 is 1.45 bits per heavy atom. The van der Waals surface area contributed by atoms with Crippen LogP contribution in [0.3, 0.4) is 0 Å². The van der Waals surface area contributed by atoms with Crippen molar-refractivity contribution in [2.75, 3.05) is 6.61 Å². The summed E-state index contributed by atoms with van der Waals surface area (Å²) >= 11 is 0. The highest BCUT2D eigenvalue weighted by Crippen LogP contribution is 2.15. The molecule has 0 N–H and O–H groups in total. The van der Waals surface area contributed by atoms with Crippen molar-refractivity contribution in [3.8, 4) is 0 Å². The highest BCUT2D eigenvalue weighted by molar-refractivity contribution is 6.82. The molecule has 0 unspecified atom stereocenters. The molecule has 0 aliphatic carbocycles. The van der Waals surface area contributed by atoms with Gasteiger partial charge in [0, 0.05) is 0 Å². The van der Waals surface area contributed by atoms with Crippen LogP contribution < -0.4 is 0 Å². The fraction of sp³-hybridized carbons (Fsp3) is 0.556. The lowest BCUT2D eigenvalue weighted by Crippen LogP contribution is -2.25. The van der Waals surface area contributed by atoms with Gasteiger partial charge in [0.1, 0.15) is 8.07 Å². The largest absolute Gasteiger partial charge is 0.503 e. The maximum absolute atomic E-state index is 5.50. The molecule has 0 aromatic carbocycles. The van der Waals surface area contributed by atoms with Crippen LogP contribution in [0, 0.1) is 0 Å². The summed E-state index contributed by atoms with van der Waals surface area (Å²) in [5.41, 5.74) is 0. The number of allylic oxidation sites excluding steroid dienone is 2. The van der Waals surface area contributed by atoms with E-state index in [1.165, 1.54) is 0 Å². The van der Waals surface area contributed by atoms with E-state index < -0.39 is 8.07 Å². The second kappa shape index (κ2) is 4.39. The molecule has 0 radical (unpaired) electrons. The molecule has 0 aromatic heterocycles. The molecule has 0 saturated carbocycles. The third kappa shape index (κ3) is 4.04. The van der Waals surface area contributed by atoms with E-state index in [1.807, 2.05) is 13.0 Å². The van der Waals surface area contributed by atoms with Gasteiger partial charge in [0.15, 0.2) is 0 Å². The SMILES string of the molecule is C=C/C=C(/OCC)[Si](C)(C)C. The number of hydrogen-bond donors (Lipinski definition) is 0. The Morgan fingerprint density at radius 3 is 2.27 bits per heavy atom. The van der Waals surface area contributed by atoms with Gasteiger partial charge in [0.25, 0.3) is 0 Å². The summed E-state index contributed by atoms with van der Waals surface area (Å²) < 4.78 is 5.50. The van der Waals surface area contributed by atoms with Gasteiger partial charge >= 0.3 is 0 Å². The first-order valence-electron chi connectivity index (χ1n) is 3.98. The van der Waals surface area contributed by atoms with Gasteiger partial charge in [-0.05, 0) is 13.0 Å². The van der Waals surface area contributed by atoms with Crippen LogP contribution in [-0.4, -0.2) is 14.7 Å². The highest BCUT2D eigenvalue weighted by Gasteiger charge is 2.20. The van der Waals surface area contributed by atoms with E-state index in [4.69, 9.17) is 4.74 Å². The Morgan fingerprint density at radius 2 is 2.00 bits per heavy atom. The van der Waals surface area contributed by atoms with E-state index in [0.29, 0.717) is 0 Å². The molecule has 0 spiro atoms. The summed E-state index contributed by atoms with van der Waals surface area (Å²) in [7, 11) is -1.26. The number of hydrogen-bond acceptors (Lipinski definition) is 1. The second-order valence-corrected chi connectivity index (χ2v) is 8.44. The fourth-order valence-electron chi connectivity index (χ4n) is 0.777. The van der Waals surface area contributed by atoms with Crippen molar-refractivity contribution < 1.29 is 4.74 Å². The monoisotopic (exact) mass is 170 g/mol. The quantitative estimate of drug-likeness (QED) is 0.358. The summed E-state index contributed by atoms with van der Waals surface area (Å²) in [5.74, 6) is 0. The first kappa shape index (κ1) is 10.5. The Balaban J connectivity index is 4.34. The molecule has 2 heteroatoms. The Bertz CT molecular complexity index is 153. The van der Waals surface area contributed by atoms with E-state index in [0.717, 1.165) is 12.0 Å². The van der Waals surface area contributed by atoms with Crippen LogP contribution in [-0.2, 0) is 4.74 Å². The van der Waals surface area contributed by atoms with E-state index in [9.17, 15) is 0 Å². The lowest BCUT2D eigenvalue weighted by Gasteiger charge is -2.20. The van der Waals surface area contributed by atoms with Gasteiger partial charge in [-0.2, -0.15) is 0 Å². The number of ether oxygens (including phenoxy) is 1. The fourth-order valence-corrected chi connectivity index (χ4v) is 1.97. The molecule has 0 aliphatic rings. The summed E-state index contributed by atoms with van der Waals surface area (Å²) in [5, 5.41) is 1.13. The van der Waals surface area contributed by atoms with Crippen molar-refractivity contribution in [2.45, 2.75) is 26.6 Å². The van der Waals surface area contributed by atoms with Crippen molar-refractivity contribution in [1.82, 2.24) is 0 Å². The molecule has 1 nitrogen and oxygen atoms in total. The van der Waals surface area contributed by atoms with Crippen LogP contribution in [0.5, 0.6) is 0 Å². The molecule has 0 amide bonds. The topological polar surface area (TPSA) is 9.23 Å². The van der Waals surface area contributed by atoms with Gasteiger partial charge in [-0.3, -0.25) is 0 Å². The molecular formula is C9H18OSi. The molecule has 0 aliphatic heterocycles. The Labute approximate surface area is 70.8 Å². The van der Waals surface area contributed by atoms with Crippen molar-refractivity contribution in [3.05, 3.63) is 24.1 Å². The standard InChI is InChI=1S/C9H18OSi/c1-6-8-9(10-7-2)11(3,4)5/h6,8H,1,7H2,2-5H3/b9-8-. The minimum atomic E-state index is -1.26. The summed E-state index contributed by atoms with van der Waals surface area (Å²) in [6.45, 7) is 13.2. The summed E-state index contributed by atoms with van der Waals surface area (Å²) in [6, 6.07) is 0. The van der Waals surface area contributed by atoms with Crippen LogP contribution in [0.15, 0.2) is 24.1 Å². The second-order valence-electron chi connectivity index (χ2n) is 3.45. The highest BCUT2D eigenvalue weighted by atomic mass is 28.3. The third-order valence-electron chi connectivity index (χ3n) is 1.31. The Kier molecular flexibility index (Phi) is 4.19. The summed E-state index contributed by atoms with van der Waals surface area (Å²) in [6.07, 6.45) is 3.78. The van der Waals surface area contributed by atoms with E-state index in [-0.39, 0.29) is 0 Å². The van der Waals surface area contributed by atoms with E-state index in [2.05, 4.69) is 26.2 Å². The predicted octanol–water partition coefficient (Wildman–Crippen LogP) is 2.97.